The van der Waals surface area contributed by atoms with Gasteiger partial charge < -0.3 is 15.5 Å². The predicted octanol–water partition coefficient (Wildman–Crippen LogP) is 3.39. The van der Waals surface area contributed by atoms with Gasteiger partial charge >= 0.3 is 0 Å². The molecule has 2 fully saturated rings. The summed E-state index contributed by atoms with van der Waals surface area (Å²) in [6.07, 6.45) is 8.52. The van der Waals surface area contributed by atoms with Crippen molar-refractivity contribution >= 4 is 17.7 Å². The topological polar surface area (TPSA) is 39.7 Å². The molecular formula is C22H36N4S. The van der Waals surface area contributed by atoms with Gasteiger partial charge in [-0.3, -0.25) is 4.99 Å². The minimum atomic E-state index is 0.589. The van der Waals surface area contributed by atoms with E-state index in [1.165, 1.54) is 50.9 Å². The van der Waals surface area contributed by atoms with Crippen LogP contribution in [0.2, 0.25) is 0 Å². The highest BCUT2D eigenvalue weighted by molar-refractivity contribution is 7.99. The van der Waals surface area contributed by atoms with Gasteiger partial charge in [-0.25, -0.2) is 0 Å². The van der Waals surface area contributed by atoms with E-state index in [0.717, 1.165) is 30.7 Å². The minimum absolute atomic E-state index is 0.589. The molecule has 0 aromatic heterocycles. The smallest absolute Gasteiger partial charge is 0.191 e. The van der Waals surface area contributed by atoms with Crippen molar-refractivity contribution in [2.75, 3.05) is 39.0 Å². The lowest BCUT2D eigenvalue weighted by molar-refractivity contribution is 0.329. The zero-order valence-electron chi connectivity index (χ0n) is 17.0. The SMILES string of the molecule is CCNC(=NCC1CCN(CCc2ccccc2)C1)NC1CCC(SC)C1. The molecule has 4 nitrogen and oxygen atoms in total. The Kier molecular flexibility index (Phi) is 8.34. The molecule has 0 bridgehead atoms. The first-order valence-electron chi connectivity index (χ1n) is 10.6. The van der Waals surface area contributed by atoms with Gasteiger partial charge in [0.1, 0.15) is 0 Å². The molecule has 150 valence electrons. The van der Waals surface area contributed by atoms with Crippen LogP contribution < -0.4 is 10.6 Å². The van der Waals surface area contributed by atoms with E-state index in [4.69, 9.17) is 4.99 Å². The van der Waals surface area contributed by atoms with E-state index in [2.05, 4.69) is 59.0 Å². The summed E-state index contributed by atoms with van der Waals surface area (Å²) in [7, 11) is 0. The third-order valence-corrected chi connectivity index (χ3v) is 6.93. The van der Waals surface area contributed by atoms with Crippen molar-refractivity contribution in [2.24, 2.45) is 10.9 Å². The monoisotopic (exact) mass is 388 g/mol. The number of likely N-dealkylation sites (tertiary alicyclic amines) is 1. The average Bonchev–Trinajstić information content (AvgIpc) is 3.34. The minimum Gasteiger partial charge on any atom is -0.357 e. The summed E-state index contributed by atoms with van der Waals surface area (Å²) >= 11 is 2.01. The lowest BCUT2D eigenvalue weighted by atomic mass is 10.1. The number of nitrogens with zero attached hydrogens (tertiary/aromatic N) is 2. The normalized spacial score (nSPS) is 26.4. The fourth-order valence-corrected chi connectivity index (χ4v) is 5.01. The molecule has 27 heavy (non-hydrogen) atoms. The Hall–Kier alpha value is -1.20. The van der Waals surface area contributed by atoms with E-state index < -0.39 is 0 Å². The van der Waals surface area contributed by atoms with Crippen molar-refractivity contribution in [1.82, 2.24) is 15.5 Å². The van der Waals surface area contributed by atoms with Crippen LogP contribution >= 0.6 is 11.8 Å². The summed E-state index contributed by atoms with van der Waals surface area (Å²) in [5.74, 6) is 1.71. The molecule has 5 heteroatoms. The largest absolute Gasteiger partial charge is 0.357 e. The Morgan fingerprint density at radius 2 is 2.07 bits per heavy atom. The molecule has 3 unspecified atom stereocenters. The number of hydrogen-bond donors (Lipinski definition) is 2. The van der Waals surface area contributed by atoms with Gasteiger partial charge in [-0.1, -0.05) is 30.3 Å². The molecule has 0 radical (unpaired) electrons. The molecule has 0 spiro atoms. The van der Waals surface area contributed by atoms with Gasteiger partial charge in [-0.05, 0) is 63.3 Å². The van der Waals surface area contributed by atoms with Crippen molar-refractivity contribution in [1.29, 1.82) is 0 Å². The second-order valence-corrected chi connectivity index (χ2v) is 9.06. The first-order valence-corrected chi connectivity index (χ1v) is 11.9. The maximum absolute atomic E-state index is 4.92. The Bertz CT molecular complexity index is 577. The van der Waals surface area contributed by atoms with Crippen molar-refractivity contribution in [2.45, 2.75) is 50.3 Å². The van der Waals surface area contributed by atoms with Crippen LogP contribution in [0.1, 0.15) is 38.2 Å². The second kappa shape index (κ2) is 11.0. The third-order valence-electron chi connectivity index (χ3n) is 5.84. The number of guanidine groups is 1. The standard InChI is InChI=1S/C22H36N4S/c1-3-23-22(25-20-9-10-21(15-20)27-2)24-16-19-12-14-26(17-19)13-11-18-7-5-4-6-8-18/h4-8,19-21H,3,9-17H2,1-2H3,(H2,23,24,25). The number of benzene rings is 1. The van der Waals surface area contributed by atoms with Gasteiger partial charge in [0.05, 0.1) is 0 Å². The highest BCUT2D eigenvalue weighted by atomic mass is 32.2. The van der Waals surface area contributed by atoms with E-state index in [1.54, 1.807) is 0 Å². The van der Waals surface area contributed by atoms with Crippen LogP contribution in [0.5, 0.6) is 0 Å². The fourth-order valence-electron chi connectivity index (χ4n) is 4.22. The van der Waals surface area contributed by atoms with Crippen molar-refractivity contribution in [3.8, 4) is 0 Å². The molecule has 1 aromatic rings. The van der Waals surface area contributed by atoms with Gasteiger partial charge in [0.25, 0.3) is 0 Å². The Labute approximate surface area is 169 Å². The Balaban J connectivity index is 1.41. The summed E-state index contributed by atoms with van der Waals surface area (Å²) in [6, 6.07) is 11.4. The molecule has 1 aromatic carbocycles. The van der Waals surface area contributed by atoms with Crippen molar-refractivity contribution in [3.05, 3.63) is 35.9 Å². The lowest BCUT2D eigenvalue weighted by Crippen LogP contribution is -2.43. The van der Waals surface area contributed by atoms with Crippen LogP contribution in [0, 0.1) is 5.92 Å². The van der Waals surface area contributed by atoms with E-state index in [0.29, 0.717) is 12.0 Å². The molecule has 2 N–H and O–H groups in total. The first-order chi connectivity index (χ1) is 13.3. The van der Waals surface area contributed by atoms with Crippen LogP contribution in [0.25, 0.3) is 0 Å². The van der Waals surface area contributed by atoms with E-state index >= 15 is 0 Å². The highest BCUT2D eigenvalue weighted by Crippen LogP contribution is 2.28. The van der Waals surface area contributed by atoms with Crippen molar-refractivity contribution < 1.29 is 0 Å². The molecule has 1 saturated heterocycles. The highest BCUT2D eigenvalue weighted by Gasteiger charge is 2.25. The van der Waals surface area contributed by atoms with Crippen LogP contribution in [0.15, 0.2) is 35.3 Å². The summed E-state index contributed by atoms with van der Waals surface area (Å²) < 4.78 is 0. The average molecular weight is 389 g/mol. The first kappa shape index (κ1) is 20.5. The summed E-state index contributed by atoms with van der Waals surface area (Å²) in [6.45, 7) is 7.59. The van der Waals surface area contributed by atoms with E-state index in [9.17, 15) is 0 Å². The number of thioether (sulfide) groups is 1. The summed E-state index contributed by atoms with van der Waals surface area (Å²) in [4.78, 5) is 7.53. The van der Waals surface area contributed by atoms with E-state index in [-0.39, 0.29) is 0 Å². The summed E-state index contributed by atoms with van der Waals surface area (Å²) in [5, 5.41) is 7.94. The second-order valence-electron chi connectivity index (χ2n) is 7.92. The molecule has 1 aliphatic heterocycles. The molecule has 1 heterocycles. The molecule has 0 amide bonds. The zero-order chi connectivity index (χ0) is 18.9. The molecule has 1 saturated carbocycles. The zero-order valence-corrected chi connectivity index (χ0v) is 17.8. The number of rotatable bonds is 8. The van der Waals surface area contributed by atoms with Crippen LogP contribution in [-0.2, 0) is 6.42 Å². The van der Waals surface area contributed by atoms with Gasteiger partial charge in [-0.15, -0.1) is 0 Å². The number of hydrogen-bond acceptors (Lipinski definition) is 3. The van der Waals surface area contributed by atoms with Gasteiger partial charge in [0.15, 0.2) is 5.96 Å². The van der Waals surface area contributed by atoms with Gasteiger partial charge in [-0.2, -0.15) is 11.8 Å². The molecule has 1 aliphatic carbocycles. The van der Waals surface area contributed by atoms with Crippen molar-refractivity contribution in [3.63, 3.8) is 0 Å². The third kappa shape index (κ3) is 6.72. The quantitative estimate of drug-likeness (QED) is 0.529. The van der Waals surface area contributed by atoms with Crippen LogP contribution in [-0.4, -0.2) is 61.1 Å². The maximum atomic E-state index is 4.92. The van der Waals surface area contributed by atoms with Gasteiger partial charge in [0, 0.05) is 37.5 Å². The molecule has 2 aliphatic rings. The van der Waals surface area contributed by atoms with E-state index in [1.807, 2.05) is 11.8 Å². The molecule has 3 rings (SSSR count). The van der Waals surface area contributed by atoms with Crippen LogP contribution in [0.3, 0.4) is 0 Å². The summed E-state index contributed by atoms with van der Waals surface area (Å²) in [5.41, 5.74) is 1.44. The molecule has 3 atom stereocenters. The fraction of sp³-hybridized carbons (Fsp3) is 0.682. The number of nitrogens with one attached hydrogen (secondary N) is 2. The number of aliphatic imine (C=N–C) groups is 1. The Morgan fingerprint density at radius 1 is 1.22 bits per heavy atom. The molecular weight excluding hydrogens is 352 g/mol. The Morgan fingerprint density at radius 3 is 2.81 bits per heavy atom. The maximum Gasteiger partial charge on any atom is 0.191 e. The predicted molar refractivity (Wildman–Crippen MR) is 119 cm³/mol. The van der Waals surface area contributed by atoms with Crippen LogP contribution in [0.4, 0.5) is 0 Å². The lowest BCUT2D eigenvalue weighted by Gasteiger charge is -2.18. The van der Waals surface area contributed by atoms with Gasteiger partial charge in [0.2, 0.25) is 0 Å².